The van der Waals surface area contributed by atoms with Crippen LogP contribution in [0.3, 0.4) is 0 Å². The summed E-state index contributed by atoms with van der Waals surface area (Å²) < 4.78 is 0. The molecule has 0 radical (unpaired) electrons. The maximum Gasteiger partial charge on any atom is 0.353 e. The quantitative estimate of drug-likeness (QED) is 0.368. The molecule has 1 saturated heterocycles. The van der Waals surface area contributed by atoms with E-state index in [1.165, 1.54) is 16.7 Å². The minimum Gasteiger partial charge on any atom is -0.477 e. The van der Waals surface area contributed by atoms with Gasteiger partial charge in [0.05, 0.1) is 11.8 Å². The molecule has 0 spiro atoms. The fourth-order valence-corrected chi connectivity index (χ4v) is 4.03. The topological polar surface area (TPSA) is 81.7 Å². The summed E-state index contributed by atoms with van der Waals surface area (Å²) in [5, 5.41) is 16.0. The zero-order valence-corrected chi connectivity index (χ0v) is 13.5. The molecule has 1 atom stereocenters. The van der Waals surface area contributed by atoms with Crippen molar-refractivity contribution in [2.45, 2.75) is 38.0 Å². The van der Waals surface area contributed by atoms with Gasteiger partial charge < -0.3 is 15.7 Å². The molecular weight excluding hydrogens is 310 g/mol. The molecule has 21 heavy (non-hydrogen) atoms. The van der Waals surface area contributed by atoms with Gasteiger partial charge in [0.1, 0.15) is 5.70 Å². The first-order valence-electron chi connectivity index (χ1n) is 7.01. The SMILES string of the molecule is CCNC(=S)NCCCCC1=C(C(=O)O)N2C(=O)C[C@H]2S1. The van der Waals surface area contributed by atoms with E-state index in [1.807, 2.05) is 6.92 Å². The molecule has 0 bridgehead atoms. The molecular formula is C13H19N3O3S2. The Bertz CT molecular complexity index is 493. The molecule has 2 heterocycles. The zero-order valence-electron chi connectivity index (χ0n) is 11.8. The lowest BCUT2D eigenvalue weighted by Crippen LogP contribution is -2.48. The maximum atomic E-state index is 11.5. The molecule has 0 aromatic rings. The van der Waals surface area contributed by atoms with Crippen molar-refractivity contribution in [2.24, 2.45) is 0 Å². The normalized spacial score (nSPS) is 20.1. The predicted molar refractivity (Wildman–Crippen MR) is 85.6 cm³/mol. The van der Waals surface area contributed by atoms with Crippen molar-refractivity contribution in [3.63, 3.8) is 0 Å². The number of rotatable bonds is 7. The van der Waals surface area contributed by atoms with Crippen molar-refractivity contribution < 1.29 is 14.7 Å². The highest BCUT2D eigenvalue weighted by molar-refractivity contribution is 8.04. The summed E-state index contributed by atoms with van der Waals surface area (Å²) in [6.45, 7) is 3.54. The van der Waals surface area contributed by atoms with Crippen LogP contribution in [0.1, 0.15) is 32.6 Å². The number of thioether (sulfide) groups is 1. The average molecular weight is 329 g/mol. The van der Waals surface area contributed by atoms with Gasteiger partial charge in [0.2, 0.25) is 5.91 Å². The number of hydrogen-bond donors (Lipinski definition) is 3. The number of unbranched alkanes of at least 4 members (excludes halogenated alkanes) is 1. The Labute approximate surface area is 133 Å². The Hall–Kier alpha value is -1.28. The van der Waals surface area contributed by atoms with Crippen LogP contribution in [0.5, 0.6) is 0 Å². The van der Waals surface area contributed by atoms with Gasteiger partial charge >= 0.3 is 5.97 Å². The summed E-state index contributed by atoms with van der Waals surface area (Å²) in [7, 11) is 0. The minimum atomic E-state index is -1.00. The fourth-order valence-electron chi connectivity index (χ4n) is 2.34. The molecule has 8 heteroatoms. The third kappa shape index (κ3) is 3.68. The molecule has 3 N–H and O–H groups in total. The van der Waals surface area contributed by atoms with Crippen molar-refractivity contribution in [3.8, 4) is 0 Å². The highest BCUT2D eigenvalue weighted by atomic mass is 32.2. The molecule has 6 nitrogen and oxygen atoms in total. The molecule has 2 aliphatic heterocycles. The lowest BCUT2D eigenvalue weighted by atomic mass is 10.1. The monoisotopic (exact) mass is 329 g/mol. The second-order valence-corrected chi connectivity index (χ2v) is 6.54. The Morgan fingerprint density at radius 1 is 1.48 bits per heavy atom. The number of nitrogens with zero attached hydrogens (tertiary/aromatic N) is 1. The fraction of sp³-hybridized carbons (Fsp3) is 0.615. The van der Waals surface area contributed by atoms with Crippen LogP contribution >= 0.6 is 24.0 Å². The zero-order chi connectivity index (χ0) is 15.4. The van der Waals surface area contributed by atoms with E-state index in [1.54, 1.807) is 0 Å². The lowest BCUT2D eigenvalue weighted by Gasteiger charge is -2.33. The minimum absolute atomic E-state index is 0.0121. The first-order chi connectivity index (χ1) is 10.0. The largest absolute Gasteiger partial charge is 0.477 e. The van der Waals surface area contributed by atoms with Gasteiger partial charge in [-0.25, -0.2) is 4.79 Å². The molecule has 0 saturated carbocycles. The molecule has 0 aromatic carbocycles. The molecule has 2 aliphatic rings. The van der Waals surface area contributed by atoms with Gasteiger partial charge in [0.15, 0.2) is 5.11 Å². The molecule has 1 amide bonds. The molecule has 116 valence electrons. The van der Waals surface area contributed by atoms with Crippen molar-refractivity contribution >= 4 is 41.0 Å². The molecule has 0 unspecified atom stereocenters. The van der Waals surface area contributed by atoms with Crippen LogP contribution in [0.25, 0.3) is 0 Å². The number of amides is 1. The number of fused-ring (bicyclic) bond motifs is 1. The molecule has 0 aromatic heterocycles. The van der Waals surface area contributed by atoms with E-state index in [0.717, 1.165) is 30.8 Å². The maximum absolute atomic E-state index is 11.5. The smallest absolute Gasteiger partial charge is 0.353 e. The Morgan fingerprint density at radius 2 is 2.24 bits per heavy atom. The van der Waals surface area contributed by atoms with Crippen molar-refractivity contribution in [2.75, 3.05) is 13.1 Å². The number of nitrogens with one attached hydrogen (secondary N) is 2. The number of carbonyl (C=O) groups is 2. The summed E-state index contributed by atoms with van der Waals surface area (Å²) in [6, 6.07) is 0. The van der Waals surface area contributed by atoms with Gasteiger partial charge in [-0.3, -0.25) is 9.69 Å². The lowest BCUT2D eigenvalue weighted by molar-refractivity contribution is -0.145. The number of carboxylic acids is 1. The summed E-state index contributed by atoms with van der Waals surface area (Å²) in [6.07, 6.45) is 2.92. The highest BCUT2D eigenvalue weighted by Crippen LogP contribution is 2.47. The summed E-state index contributed by atoms with van der Waals surface area (Å²) in [5.74, 6) is -1.09. The van der Waals surface area contributed by atoms with Crippen LogP contribution in [-0.2, 0) is 9.59 Å². The van der Waals surface area contributed by atoms with Crippen LogP contribution in [0.4, 0.5) is 0 Å². The number of aliphatic carboxylic acids is 1. The first kappa shape index (κ1) is 16.1. The van der Waals surface area contributed by atoms with E-state index in [4.69, 9.17) is 12.2 Å². The second-order valence-electron chi connectivity index (χ2n) is 4.86. The number of carbonyl (C=O) groups excluding carboxylic acids is 1. The van der Waals surface area contributed by atoms with Crippen LogP contribution < -0.4 is 10.6 Å². The van der Waals surface area contributed by atoms with Crippen LogP contribution in [0.2, 0.25) is 0 Å². The van der Waals surface area contributed by atoms with E-state index in [9.17, 15) is 14.7 Å². The van der Waals surface area contributed by atoms with E-state index in [0.29, 0.717) is 18.0 Å². The van der Waals surface area contributed by atoms with Gasteiger partial charge in [-0.1, -0.05) is 0 Å². The third-order valence-corrected chi connectivity index (χ3v) is 4.97. The highest BCUT2D eigenvalue weighted by Gasteiger charge is 2.47. The van der Waals surface area contributed by atoms with Gasteiger partial charge in [0, 0.05) is 18.0 Å². The van der Waals surface area contributed by atoms with Gasteiger partial charge in [-0.2, -0.15) is 0 Å². The van der Waals surface area contributed by atoms with Crippen LogP contribution in [-0.4, -0.2) is 45.5 Å². The number of hydrogen-bond acceptors (Lipinski definition) is 4. The first-order valence-corrected chi connectivity index (χ1v) is 8.30. The number of β-lactam (4-membered cyclic amide) rings is 1. The molecule has 2 rings (SSSR count). The van der Waals surface area contributed by atoms with E-state index in [-0.39, 0.29) is 17.0 Å². The van der Waals surface area contributed by atoms with Crippen molar-refractivity contribution in [1.82, 2.24) is 15.5 Å². The second kappa shape index (κ2) is 7.13. The average Bonchev–Trinajstić information content (AvgIpc) is 2.71. The predicted octanol–water partition coefficient (Wildman–Crippen LogP) is 1.24. The summed E-state index contributed by atoms with van der Waals surface area (Å²) in [4.78, 5) is 25.0. The number of thiocarbonyl (C=S) groups is 1. The molecule has 1 fully saturated rings. The Morgan fingerprint density at radius 3 is 2.86 bits per heavy atom. The van der Waals surface area contributed by atoms with Gasteiger partial charge in [-0.15, -0.1) is 11.8 Å². The van der Waals surface area contributed by atoms with Crippen LogP contribution in [0, 0.1) is 0 Å². The number of allylic oxidation sites excluding steroid dienone is 1. The van der Waals surface area contributed by atoms with Crippen LogP contribution in [0.15, 0.2) is 10.6 Å². The standard InChI is InChI=1S/C13H19N3O3S2/c1-2-14-13(20)15-6-4-3-5-8-11(12(18)19)16-9(17)7-10(16)21-8/h10H,2-7H2,1H3,(H,18,19)(H2,14,15,20)/t10-/m1/s1. The third-order valence-electron chi connectivity index (χ3n) is 3.35. The molecule has 0 aliphatic carbocycles. The van der Waals surface area contributed by atoms with E-state index >= 15 is 0 Å². The Balaban J connectivity index is 1.77. The van der Waals surface area contributed by atoms with E-state index < -0.39 is 5.97 Å². The summed E-state index contributed by atoms with van der Waals surface area (Å²) >= 11 is 6.58. The van der Waals surface area contributed by atoms with E-state index in [2.05, 4.69) is 10.6 Å². The van der Waals surface area contributed by atoms with Gasteiger partial charge in [0.25, 0.3) is 0 Å². The van der Waals surface area contributed by atoms with Crippen molar-refractivity contribution in [1.29, 1.82) is 0 Å². The number of carboxylic acid groups (broad SMARTS) is 1. The van der Waals surface area contributed by atoms with Gasteiger partial charge in [-0.05, 0) is 38.4 Å². The Kier molecular flexibility index (Phi) is 5.46. The summed E-state index contributed by atoms with van der Waals surface area (Å²) in [5.41, 5.74) is 0.192. The van der Waals surface area contributed by atoms with Crippen molar-refractivity contribution in [3.05, 3.63) is 10.6 Å².